The molecule has 116 valence electrons. The number of aliphatic hydroxyl groups is 1. The lowest BCUT2D eigenvalue weighted by Gasteiger charge is -2.33. The van der Waals surface area contributed by atoms with Crippen molar-refractivity contribution in [3.8, 4) is 0 Å². The molecule has 0 atom stereocenters. The first-order valence-electron chi connectivity index (χ1n) is 7.42. The summed E-state index contributed by atoms with van der Waals surface area (Å²) in [6.45, 7) is 3.92. The maximum Gasteiger partial charge on any atom is 0.246 e. The van der Waals surface area contributed by atoms with Gasteiger partial charge in [-0.3, -0.25) is 9.69 Å². The first-order chi connectivity index (χ1) is 10.8. The second-order valence-corrected chi connectivity index (χ2v) is 6.31. The number of benzene rings is 1. The van der Waals surface area contributed by atoms with Crippen LogP contribution in [-0.4, -0.2) is 65.1 Å². The summed E-state index contributed by atoms with van der Waals surface area (Å²) in [6, 6.07) is 7.97. The quantitative estimate of drug-likeness (QED) is 0.867. The average Bonchev–Trinajstić information content (AvgIpc) is 2.96. The van der Waals surface area contributed by atoms with Gasteiger partial charge >= 0.3 is 0 Å². The summed E-state index contributed by atoms with van der Waals surface area (Å²) in [4.78, 5) is 20.7. The first-order valence-corrected chi connectivity index (χ1v) is 8.24. The number of thiazole rings is 1. The van der Waals surface area contributed by atoms with E-state index in [9.17, 15) is 4.79 Å². The molecule has 5 nitrogen and oxygen atoms in total. The number of carbonyl (C=O) groups is 1. The first kappa shape index (κ1) is 15.1. The van der Waals surface area contributed by atoms with Gasteiger partial charge in [-0.25, -0.2) is 4.98 Å². The van der Waals surface area contributed by atoms with Gasteiger partial charge in [0, 0.05) is 38.8 Å². The van der Waals surface area contributed by atoms with E-state index >= 15 is 0 Å². The molecule has 0 radical (unpaired) electrons. The van der Waals surface area contributed by atoms with Crippen molar-refractivity contribution in [2.24, 2.45) is 0 Å². The van der Waals surface area contributed by atoms with E-state index in [4.69, 9.17) is 5.11 Å². The average molecular weight is 317 g/mol. The fraction of sp³-hybridized carbons (Fsp3) is 0.375. The Hall–Kier alpha value is -1.76. The fourth-order valence-corrected chi connectivity index (χ4v) is 3.41. The molecular weight excluding hydrogens is 298 g/mol. The van der Waals surface area contributed by atoms with Crippen LogP contribution in [0, 0.1) is 0 Å². The Kier molecular flexibility index (Phi) is 4.82. The number of para-hydroxylation sites is 1. The zero-order valence-electron chi connectivity index (χ0n) is 12.3. The molecule has 1 N–H and O–H groups in total. The zero-order valence-corrected chi connectivity index (χ0v) is 13.1. The van der Waals surface area contributed by atoms with Gasteiger partial charge in [0.15, 0.2) is 0 Å². The molecule has 6 heteroatoms. The van der Waals surface area contributed by atoms with Gasteiger partial charge in [-0.15, -0.1) is 11.3 Å². The molecule has 0 spiro atoms. The lowest BCUT2D eigenvalue weighted by Crippen LogP contribution is -2.48. The normalized spacial score (nSPS) is 16.7. The van der Waals surface area contributed by atoms with E-state index in [1.165, 1.54) is 0 Å². The van der Waals surface area contributed by atoms with E-state index in [1.807, 2.05) is 29.2 Å². The predicted molar refractivity (Wildman–Crippen MR) is 88.8 cm³/mol. The van der Waals surface area contributed by atoms with Gasteiger partial charge in [0.25, 0.3) is 0 Å². The number of hydrogen-bond acceptors (Lipinski definition) is 5. The summed E-state index contributed by atoms with van der Waals surface area (Å²) in [5.41, 5.74) is 0.970. The molecule has 2 heterocycles. The van der Waals surface area contributed by atoms with Crippen molar-refractivity contribution in [2.75, 3.05) is 39.3 Å². The maximum absolute atomic E-state index is 12.2. The van der Waals surface area contributed by atoms with Gasteiger partial charge in [-0.2, -0.15) is 0 Å². The Morgan fingerprint density at radius 1 is 1.27 bits per heavy atom. The number of carbonyl (C=O) groups excluding carboxylic acids is 1. The molecular formula is C16H19N3O2S. The van der Waals surface area contributed by atoms with E-state index in [2.05, 4.69) is 9.88 Å². The molecule has 1 aromatic heterocycles. The molecule has 1 aromatic carbocycles. The van der Waals surface area contributed by atoms with Crippen molar-refractivity contribution in [3.63, 3.8) is 0 Å². The number of fused-ring (bicyclic) bond motifs is 1. The van der Waals surface area contributed by atoms with Crippen molar-refractivity contribution in [1.29, 1.82) is 0 Å². The lowest BCUT2D eigenvalue weighted by atomic mass is 10.3. The van der Waals surface area contributed by atoms with Gasteiger partial charge in [-0.1, -0.05) is 12.1 Å². The Balaban J connectivity index is 1.59. The monoisotopic (exact) mass is 317 g/mol. The highest BCUT2D eigenvalue weighted by atomic mass is 32.1. The lowest BCUT2D eigenvalue weighted by molar-refractivity contribution is -0.127. The highest BCUT2D eigenvalue weighted by Crippen LogP contribution is 2.22. The molecule has 2 aromatic rings. The highest BCUT2D eigenvalue weighted by Gasteiger charge is 2.18. The number of amides is 1. The highest BCUT2D eigenvalue weighted by molar-refractivity contribution is 7.19. The molecule has 0 unspecified atom stereocenters. The zero-order chi connectivity index (χ0) is 15.4. The number of nitrogens with zero attached hydrogens (tertiary/aromatic N) is 3. The van der Waals surface area contributed by atoms with Crippen LogP contribution >= 0.6 is 11.3 Å². The third-order valence-electron chi connectivity index (χ3n) is 3.78. The van der Waals surface area contributed by atoms with Gasteiger partial charge in [0.2, 0.25) is 5.91 Å². The smallest absolute Gasteiger partial charge is 0.246 e. The topological polar surface area (TPSA) is 56.7 Å². The summed E-state index contributed by atoms with van der Waals surface area (Å²) in [6.07, 6.45) is 3.41. The van der Waals surface area contributed by atoms with Crippen molar-refractivity contribution >= 4 is 33.5 Å². The van der Waals surface area contributed by atoms with Crippen LogP contribution in [-0.2, 0) is 4.79 Å². The largest absolute Gasteiger partial charge is 0.395 e. The van der Waals surface area contributed by atoms with Crippen LogP contribution in [0.5, 0.6) is 0 Å². The minimum absolute atomic E-state index is 0.0305. The Bertz CT molecular complexity index is 642. The van der Waals surface area contributed by atoms with Crippen molar-refractivity contribution in [2.45, 2.75) is 0 Å². The Labute approximate surface area is 133 Å². The fourth-order valence-electron chi connectivity index (χ4n) is 2.54. The van der Waals surface area contributed by atoms with Crippen LogP contribution in [0.3, 0.4) is 0 Å². The summed E-state index contributed by atoms with van der Waals surface area (Å²) >= 11 is 1.59. The Morgan fingerprint density at radius 3 is 2.77 bits per heavy atom. The van der Waals surface area contributed by atoms with E-state index in [0.717, 1.165) is 28.3 Å². The minimum Gasteiger partial charge on any atom is -0.395 e. The number of rotatable bonds is 4. The van der Waals surface area contributed by atoms with E-state index in [0.29, 0.717) is 19.6 Å². The van der Waals surface area contributed by atoms with Crippen LogP contribution in [0.4, 0.5) is 0 Å². The standard InChI is InChI=1S/C16H19N3O2S/c20-12-11-18-7-9-19(10-8-18)16(21)6-5-15-17-13-3-1-2-4-14(13)22-15/h1-6,20H,7-12H2. The number of β-amino-alcohol motifs (C(OH)–C–C–N with tert-alkyl or cyclic N) is 1. The van der Waals surface area contributed by atoms with Gasteiger partial charge in [0.05, 0.1) is 16.8 Å². The van der Waals surface area contributed by atoms with Crippen LogP contribution < -0.4 is 0 Å². The van der Waals surface area contributed by atoms with Crippen LogP contribution in [0.1, 0.15) is 5.01 Å². The second-order valence-electron chi connectivity index (χ2n) is 5.24. The molecule has 1 aliphatic rings. The SMILES string of the molecule is O=C(C=Cc1nc2ccccc2s1)N1CCN(CCO)CC1. The third-order valence-corrected chi connectivity index (χ3v) is 4.78. The molecule has 1 aliphatic heterocycles. The Morgan fingerprint density at radius 2 is 2.05 bits per heavy atom. The van der Waals surface area contributed by atoms with Crippen molar-refractivity contribution in [3.05, 3.63) is 35.3 Å². The number of aliphatic hydroxyl groups excluding tert-OH is 1. The number of aromatic nitrogens is 1. The molecule has 22 heavy (non-hydrogen) atoms. The van der Waals surface area contributed by atoms with Crippen LogP contribution in [0.25, 0.3) is 16.3 Å². The van der Waals surface area contributed by atoms with Gasteiger partial charge < -0.3 is 10.0 Å². The van der Waals surface area contributed by atoms with Crippen LogP contribution in [0.2, 0.25) is 0 Å². The third kappa shape index (κ3) is 3.52. The maximum atomic E-state index is 12.2. The van der Waals surface area contributed by atoms with Crippen molar-refractivity contribution in [1.82, 2.24) is 14.8 Å². The van der Waals surface area contributed by atoms with Crippen molar-refractivity contribution < 1.29 is 9.90 Å². The molecule has 0 bridgehead atoms. The molecule has 1 fully saturated rings. The molecule has 0 aliphatic carbocycles. The number of piperazine rings is 1. The molecule has 3 rings (SSSR count). The molecule has 1 amide bonds. The van der Waals surface area contributed by atoms with Gasteiger partial charge in [0.1, 0.15) is 5.01 Å². The van der Waals surface area contributed by atoms with Crippen LogP contribution in [0.15, 0.2) is 30.3 Å². The minimum atomic E-state index is 0.0305. The molecule has 0 saturated carbocycles. The summed E-state index contributed by atoms with van der Waals surface area (Å²) in [7, 11) is 0. The van der Waals surface area contributed by atoms with E-state index in [-0.39, 0.29) is 12.5 Å². The van der Waals surface area contributed by atoms with E-state index in [1.54, 1.807) is 23.5 Å². The summed E-state index contributed by atoms with van der Waals surface area (Å²) in [5, 5.41) is 9.78. The van der Waals surface area contributed by atoms with E-state index < -0.39 is 0 Å². The summed E-state index contributed by atoms with van der Waals surface area (Å²) in [5.74, 6) is 0.0305. The van der Waals surface area contributed by atoms with Gasteiger partial charge in [-0.05, 0) is 18.2 Å². The summed E-state index contributed by atoms with van der Waals surface area (Å²) < 4.78 is 1.13. The number of hydrogen-bond donors (Lipinski definition) is 1. The second kappa shape index (κ2) is 7.00. The predicted octanol–water partition coefficient (Wildman–Crippen LogP) is 1.45. The molecule has 1 saturated heterocycles.